The van der Waals surface area contributed by atoms with E-state index in [1.165, 1.54) is 0 Å². The molecule has 0 unspecified atom stereocenters. The van der Waals surface area contributed by atoms with Crippen molar-refractivity contribution in [2.24, 2.45) is 0 Å². The Morgan fingerprint density at radius 1 is 0.373 bits per heavy atom. The van der Waals surface area contributed by atoms with Crippen LogP contribution in [0, 0.1) is 6.92 Å². The molecule has 0 aliphatic rings. The molecule has 242 valence electrons. The minimum atomic E-state index is 0.834. The highest BCUT2D eigenvalue weighted by molar-refractivity contribution is 6.19. The predicted octanol–water partition coefficient (Wildman–Crippen LogP) is 13.9. The van der Waals surface area contributed by atoms with Crippen LogP contribution in [-0.2, 0) is 0 Å². The van der Waals surface area contributed by atoms with Gasteiger partial charge in [-0.2, -0.15) is 0 Å². The number of hydrogen-bond acceptors (Lipinski definition) is 4. The lowest BCUT2D eigenvalue weighted by Gasteiger charge is -2.27. The number of rotatable bonds is 6. The fourth-order valence-electron chi connectivity index (χ4n) is 7.59. The summed E-state index contributed by atoms with van der Waals surface area (Å²) in [5.74, 6) is 0. The Labute approximate surface area is 295 Å². The summed E-state index contributed by atoms with van der Waals surface area (Å²) >= 11 is 0. The summed E-state index contributed by atoms with van der Waals surface area (Å²) in [6.07, 6.45) is 0. The van der Waals surface area contributed by atoms with Gasteiger partial charge in [0, 0.05) is 56.0 Å². The van der Waals surface area contributed by atoms with E-state index in [9.17, 15) is 0 Å². The van der Waals surface area contributed by atoms with Crippen LogP contribution in [0.4, 0.5) is 34.1 Å². The van der Waals surface area contributed by atoms with Gasteiger partial charge in [0.1, 0.15) is 22.3 Å². The number of nitrogens with zero attached hydrogens (tertiary/aromatic N) is 2. The Bertz CT molecular complexity index is 2830. The average Bonchev–Trinajstić information content (AvgIpc) is 3.74. The molecule has 0 atom stereocenters. The third-order valence-corrected chi connectivity index (χ3v) is 9.92. The Morgan fingerprint density at radius 2 is 0.980 bits per heavy atom. The van der Waals surface area contributed by atoms with Crippen molar-refractivity contribution < 1.29 is 8.83 Å². The van der Waals surface area contributed by atoms with Gasteiger partial charge < -0.3 is 18.6 Å². The fourth-order valence-corrected chi connectivity index (χ4v) is 7.59. The summed E-state index contributed by atoms with van der Waals surface area (Å²) in [4.78, 5) is 4.63. The van der Waals surface area contributed by atoms with E-state index in [1.807, 2.05) is 0 Å². The molecule has 0 saturated carbocycles. The third-order valence-electron chi connectivity index (χ3n) is 9.92. The van der Waals surface area contributed by atoms with Gasteiger partial charge in [0.2, 0.25) is 0 Å². The van der Waals surface area contributed by atoms with E-state index in [0.29, 0.717) is 0 Å². The molecule has 4 nitrogen and oxygen atoms in total. The quantitative estimate of drug-likeness (QED) is 0.178. The zero-order valence-corrected chi connectivity index (χ0v) is 28.0. The summed E-state index contributed by atoms with van der Waals surface area (Å²) in [5, 5.41) is 6.59. The number of fused-ring (bicyclic) bond motifs is 8. The zero-order chi connectivity index (χ0) is 33.9. The summed E-state index contributed by atoms with van der Waals surface area (Å²) in [6.45, 7) is 2.16. The maximum Gasteiger partial charge on any atom is 0.143 e. The van der Waals surface area contributed by atoms with Gasteiger partial charge in [-0.1, -0.05) is 91.0 Å². The van der Waals surface area contributed by atoms with Gasteiger partial charge in [-0.05, 0) is 96.7 Å². The SMILES string of the molecule is Cc1cc2oc3cc(N(c4ccccc4)c4cccc5oc6c7ccccc7ccc6c45)ccc3c2cc1N(c1ccccc1)c1ccccc1. The van der Waals surface area contributed by atoms with E-state index in [0.717, 1.165) is 94.3 Å². The van der Waals surface area contributed by atoms with Crippen LogP contribution in [0.25, 0.3) is 54.6 Å². The Balaban J connectivity index is 1.16. The average molecular weight is 657 g/mol. The standard InChI is InChI=1S/C47H32N2O2/c1-31-28-44-40(30-42(31)48(33-15-5-2-6-16-33)34-17-7-3-8-18-34)38-27-25-36(29-45(38)50-44)49(35-19-9-4-10-20-35)41-22-13-23-43-46(41)39-26-24-32-14-11-12-21-37(32)47(39)51-43/h2-30H,1H3. The second-order valence-electron chi connectivity index (χ2n) is 13.0. The van der Waals surface area contributed by atoms with Gasteiger partial charge in [-0.15, -0.1) is 0 Å². The van der Waals surface area contributed by atoms with Crippen molar-refractivity contribution in [2.75, 3.05) is 9.80 Å². The molecule has 10 rings (SSSR count). The molecule has 0 N–H and O–H groups in total. The number of benzene rings is 8. The Morgan fingerprint density at radius 3 is 1.69 bits per heavy atom. The van der Waals surface area contributed by atoms with E-state index in [4.69, 9.17) is 8.83 Å². The highest BCUT2D eigenvalue weighted by atomic mass is 16.3. The number of para-hydroxylation sites is 3. The first-order valence-corrected chi connectivity index (χ1v) is 17.3. The normalized spacial score (nSPS) is 11.6. The van der Waals surface area contributed by atoms with E-state index in [-0.39, 0.29) is 0 Å². The van der Waals surface area contributed by atoms with Crippen molar-refractivity contribution >= 4 is 88.8 Å². The summed E-state index contributed by atoms with van der Waals surface area (Å²) in [6, 6.07) is 61.7. The fraction of sp³-hybridized carbons (Fsp3) is 0.0213. The first-order chi connectivity index (χ1) is 25.2. The molecule has 2 aromatic heterocycles. The number of aryl methyl sites for hydroxylation is 1. The molecule has 0 spiro atoms. The van der Waals surface area contributed by atoms with Crippen LogP contribution < -0.4 is 9.80 Å². The summed E-state index contributed by atoms with van der Waals surface area (Å²) in [5.41, 5.74) is 11.0. The molecule has 0 amide bonds. The van der Waals surface area contributed by atoms with E-state index in [2.05, 4.69) is 193 Å². The van der Waals surface area contributed by atoms with Crippen molar-refractivity contribution in [3.05, 3.63) is 181 Å². The van der Waals surface area contributed by atoms with Crippen LogP contribution in [0.1, 0.15) is 5.56 Å². The predicted molar refractivity (Wildman–Crippen MR) is 213 cm³/mol. The van der Waals surface area contributed by atoms with Crippen molar-refractivity contribution in [3.8, 4) is 0 Å². The topological polar surface area (TPSA) is 32.8 Å². The maximum absolute atomic E-state index is 6.67. The van der Waals surface area contributed by atoms with Crippen molar-refractivity contribution in [1.29, 1.82) is 0 Å². The second-order valence-corrected chi connectivity index (χ2v) is 13.0. The molecule has 0 radical (unpaired) electrons. The number of hydrogen-bond donors (Lipinski definition) is 0. The zero-order valence-electron chi connectivity index (χ0n) is 28.0. The van der Waals surface area contributed by atoms with Crippen LogP contribution in [0.3, 0.4) is 0 Å². The van der Waals surface area contributed by atoms with Gasteiger partial charge in [0.05, 0.1) is 11.1 Å². The van der Waals surface area contributed by atoms with E-state index >= 15 is 0 Å². The molecule has 0 bridgehead atoms. The van der Waals surface area contributed by atoms with Gasteiger partial charge in [-0.3, -0.25) is 0 Å². The molecule has 10 aromatic rings. The van der Waals surface area contributed by atoms with Crippen molar-refractivity contribution in [2.45, 2.75) is 6.92 Å². The molecule has 0 fully saturated rings. The first-order valence-electron chi connectivity index (χ1n) is 17.3. The largest absolute Gasteiger partial charge is 0.456 e. The van der Waals surface area contributed by atoms with Gasteiger partial charge in [-0.25, -0.2) is 0 Å². The molecule has 0 aliphatic carbocycles. The maximum atomic E-state index is 6.67. The Hall–Kier alpha value is -6.78. The monoisotopic (exact) mass is 656 g/mol. The molecule has 51 heavy (non-hydrogen) atoms. The lowest BCUT2D eigenvalue weighted by Crippen LogP contribution is -2.11. The first kappa shape index (κ1) is 29.2. The smallest absolute Gasteiger partial charge is 0.143 e. The van der Waals surface area contributed by atoms with Crippen LogP contribution in [-0.4, -0.2) is 0 Å². The molecule has 8 aromatic carbocycles. The van der Waals surface area contributed by atoms with Gasteiger partial charge >= 0.3 is 0 Å². The number of anilines is 6. The van der Waals surface area contributed by atoms with E-state index < -0.39 is 0 Å². The van der Waals surface area contributed by atoms with Crippen LogP contribution in [0.15, 0.2) is 185 Å². The summed E-state index contributed by atoms with van der Waals surface area (Å²) in [7, 11) is 0. The lowest BCUT2D eigenvalue weighted by molar-refractivity contribution is 0.668. The van der Waals surface area contributed by atoms with Crippen molar-refractivity contribution in [3.63, 3.8) is 0 Å². The van der Waals surface area contributed by atoms with Crippen LogP contribution >= 0.6 is 0 Å². The lowest BCUT2D eigenvalue weighted by atomic mass is 10.0. The highest BCUT2D eigenvalue weighted by Gasteiger charge is 2.22. The minimum absolute atomic E-state index is 0.834. The highest BCUT2D eigenvalue weighted by Crippen LogP contribution is 2.46. The van der Waals surface area contributed by atoms with Gasteiger partial charge in [0.25, 0.3) is 0 Å². The molecule has 4 heteroatoms. The molecular formula is C47H32N2O2. The van der Waals surface area contributed by atoms with E-state index in [1.54, 1.807) is 0 Å². The van der Waals surface area contributed by atoms with Gasteiger partial charge in [0.15, 0.2) is 0 Å². The molecule has 0 aliphatic heterocycles. The molecular weight excluding hydrogens is 625 g/mol. The van der Waals surface area contributed by atoms with Crippen LogP contribution in [0.5, 0.6) is 0 Å². The molecule has 0 saturated heterocycles. The number of furan rings is 2. The van der Waals surface area contributed by atoms with Crippen molar-refractivity contribution in [1.82, 2.24) is 0 Å². The third kappa shape index (κ3) is 4.76. The summed E-state index contributed by atoms with van der Waals surface area (Å²) < 4.78 is 13.3. The Kier molecular flexibility index (Phi) is 6.68. The second kappa shape index (κ2) is 11.7. The van der Waals surface area contributed by atoms with Crippen LogP contribution in [0.2, 0.25) is 0 Å². The molecule has 2 heterocycles. The minimum Gasteiger partial charge on any atom is -0.456 e.